The fraction of sp³-hybridized carbons (Fsp3) is 0.167. The number of nitrogens with one attached hydrogen (secondary N) is 1. The molecule has 3 aromatic rings. The van der Waals surface area contributed by atoms with Gasteiger partial charge in [-0.05, 0) is 36.9 Å². The maximum Gasteiger partial charge on any atom is 0.224 e. The molecule has 0 fully saturated rings. The molecular weight excluding hydrogens is 338 g/mol. The molecule has 0 saturated heterocycles. The van der Waals surface area contributed by atoms with E-state index in [-0.39, 0.29) is 5.91 Å². The first kappa shape index (κ1) is 16.4. The summed E-state index contributed by atoms with van der Waals surface area (Å²) in [7, 11) is 0. The summed E-state index contributed by atoms with van der Waals surface area (Å²) in [5.41, 5.74) is 2.01. The van der Waals surface area contributed by atoms with Gasteiger partial charge in [-0.15, -0.1) is 22.7 Å². The Labute approximate surface area is 148 Å². The van der Waals surface area contributed by atoms with Gasteiger partial charge in [-0.25, -0.2) is 4.98 Å². The first-order valence-corrected chi connectivity index (χ1v) is 9.16. The van der Waals surface area contributed by atoms with Crippen molar-refractivity contribution in [3.8, 4) is 16.6 Å². The molecule has 0 aliphatic heterocycles. The molecule has 0 radical (unpaired) electrons. The number of benzene rings is 1. The van der Waals surface area contributed by atoms with Crippen LogP contribution in [-0.4, -0.2) is 10.9 Å². The van der Waals surface area contributed by atoms with E-state index in [2.05, 4.69) is 16.4 Å². The highest BCUT2D eigenvalue weighted by Gasteiger charge is 2.14. The quantitative estimate of drug-likeness (QED) is 0.727. The van der Waals surface area contributed by atoms with Gasteiger partial charge in [0, 0.05) is 11.3 Å². The third-order valence-electron chi connectivity index (χ3n) is 3.46. The first-order valence-electron chi connectivity index (χ1n) is 7.46. The molecule has 0 saturated carbocycles. The molecule has 2 aromatic heterocycles. The minimum Gasteiger partial charge on any atom is -0.325 e. The highest BCUT2D eigenvalue weighted by atomic mass is 32.1. The van der Waals surface area contributed by atoms with Gasteiger partial charge in [0.1, 0.15) is 6.07 Å². The number of hydrogen-bond acceptors (Lipinski definition) is 5. The Balaban J connectivity index is 1.68. The summed E-state index contributed by atoms with van der Waals surface area (Å²) in [5.74, 6) is -0.0964. The molecule has 0 spiro atoms. The van der Waals surface area contributed by atoms with Gasteiger partial charge in [0.05, 0.1) is 26.8 Å². The number of nitrogens with zero attached hydrogens (tertiary/aromatic N) is 2. The average Bonchev–Trinajstić information content (AvgIpc) is 3.22. The van der Waals surface area contributed by atoms with Crippen molar-refractivity contribution in [2.24, 2.45) is 0 Å². The number of hydrogen-bond donors (Lipinski definition) is 1. The second-order valence-electron chi connectivity index (χ2n) is 5.19. The molecule has 120 valence electrons. The predicted octanol–water partition coefficient (Wildman–Crippen LogP) is 4.62. The Morgan fingerprint density at radius 3 is 2.88 bits per heavy atom. The molecular formula is C18H15N3OS2. The van der Waals surface area contributed by atoms with Crippen LogP contribution in [-0.2, 0) is 11.2 Å². The van der Waals surface area contributed by atoms with Gasteiger partial charge in [0.25, 0.3) is 0 Å². The van der Waals surface area contributed by atoms with Crippen LogP contribution in [0.5, 0.6) is 0 Å². The Morgan fingerprint density at radius 1 is 1.29 bits per heavy atom. The van der Waals surface area contributed by atoms with E-state index in [1.54, 1.807) is 46.9 Å². The molecule has 1 N–H and O–H groups in total. The zero-order valence-corrected chi connectivity index (χ0v) is 14.7. The number of rotatable bonds is 5. The number of aryl methyl sites for hydroxylation is 2. The Morgan fingerprint density at radius 2 is 2.12 bits per heavy atom. The van der Waals surface area contributed by atoms with Crippen molar-refractivity contribution < 1.29 is 4.79 Å². The van der Waals surface area contributed by atoms with Gasteiger partial charge in [-0.2, -0.15) is 5.26 Å². The van der Waals surface area contributed by atoms with Gasteiger partial charge < -0.3 is 5.32 Å². The van der Waals surface area contributed by atoms with E-state index < -0.39 is 0 Å². The van der Waals surface area contributed by atoms with Gasteiger partial charge in [0.15, 0.2) is 0 Å². The SMILES string of the molecule is Cc1nc(-c2cccs2)c(CCC(=O)Nc2ccccc2C#N)s1. The van der Waals surface area contributed by atoms with Crippen molar-refractivity contribution in [2.45, 2.75) is 19.8 Å². The van der Waals surface area contributed by atoms with E-state index in [1.165, 1.54) is 0 Å². The highest BCUT2D eigenvalue weighted by molar-refractivity contribution is 7.15. The molecule has 0 bridgehead atoms. The van der Waals surface area contributed by atoms with Crippen molar-refractivity contribution in [3.63, 3.8) is 0 Å². The first-order chi connectivity index (χ1) is 11.7. The van der Waals surface area contributed by atoms with Crippen LogP contribution < -0.4 is 5.32 Å². The summed E-state index contributed by atoms with van der Waals surface area (Å²) in [6, 6.07) is 13.2. The van der Waals surface area contributed by atoms with Crippen LogP contribution >= 0.6 is 22.7 Å². The van der Waals surface area contributed by atoms with E-state index in [0.717, 1.165) is 20.5 Å². The van der Waals surface area contributed by atoms with Crippen LogP contribution in [0.4, 0.5) is 5.69 Å². The molecule has 3 rings (SSSR count). The Kier molecular flexibility index (Phi) is 5.04. The number of carbonyl (C=O) groups excluding carboxylic acids is 1. The third-order valence-corrected chi connectivity index (χ3v) is 5.37. The minimum absolute atomic E-state index is 0.0964. The fourth-order valence-electron chi connectivity index (χ4n) is 2.37. The summed E-state index contributed by atoms with van der Waals surface area (Å²) in [6.45, 7) is 1.98. The summed E-state index contributed by atoms with van der Waals surface area (Å²) < 4.78 is 0. The number of anilines is 1. The minimum atomic E-state index is -0.0964. The number of carbonyl (C=O) groups is 1. The van der Waals surface area contributed by atoms with Crippen LogP contribution in [0.2, 0.25) is 0 Å². The predicted molar refractivity (Wildman–Crippen MR) is 98.3 cm³/mol. The molecule has 6 heteroatoms. The van der Waals surface area contributed by atoms with Crippen LogP contribution in [0.25, 0.3) is 10.6 Å². The fourth-order valence-corrected chi connectivity index (χ4v) is 4.13. The summed E-state index contributed by atoms with van der Waals surface area (Å²) in [4.78, 5) is 19.1. The van der Waals surface area contributed by atoms with Crippen LogP contribution in [0.15, 0.2) is 41.8 Å². The number of para-hydroxylation sites is 1. The van der Waals surface area contributed by atoms with Gasteiger partial charge in [-0.1, -0.05) is 18.2 Å². The summed E-state index contributed by atoms with van der Waals surface area (Å²) in [6.07, 6.45) is 0.999. The summed E-state index contributed by atoms with van der Waals surface area (Å²) in [5, 5.41) is 14.9. The molecule has 0 unspecified atom stereocenters. The third kappa shape index (κ3) is 3.70. The summed E-state index contributed by atoms with van der Waals surface area (Å²) >= 11 is 3.28. The normalized spacial score (nSPS) is 10.3. The van der Waals surface area contributed by atoms with E-state index in [4.69, 9.17) is 5.26 Å². The van der Waals surface area contributed by atoms with Crippen molar-refractivity contribution in [1.82, 2.24) is 4.98 Å². The maximum atomic E-state index is 12.2. The lowest BCUT2D eigenvalue weighted by Gasteiger charge is -2.06. The molecule has 0 aliphatic carbocycles. The number of aromatic nitrogens is 1. The van der Waals surface area contributed by atoms with Gasteiger partial charge >= 0.3 is 0 Å². The highest BCUT2D eigenvalue weighted by Crippen LogP contribution is 2.32. The van der Waals surface area contributed by atoms with Crippen molar-refractivity contribution in [1.29, 1.82) is 5.26 Å². The van der Waals surface area contributed by atoms with E-state index in [0.29, 0.717) is 24.1 Å². The molecule has 0 atom stereocenters. The molecule has 4 nitrogen and oxygen atoms in total. The van der Waals surface area contributed by atoms with Crippen LogP contribution in [0, 0.1) is 18.3 Å². The molecule has 24 heavy (non-hydrogen) atoms. The number of nitriles is 1. The molecule has 0 aliphatic rings. The lowest BCUT2D eigenvalue weighted by atomic mass is 10.1. The smallest absolute Gasteiger partial charge is 0.224 e. The number of amides is 1. The largest absolute Gasteiger partial charge is 0.325 e. The maximum absolute atomic E-state index is 12.2. The number of thiophene rings is 1. The second-order valence-corrected chi connectivity index (χ2v) is 7.42. The second kappa shape index (κ2) is 7.39. The molecule has 1 aromatic carbocycles. The van der Waals surface area contributed by atoms with Gasteiger partial charge in [0.2, 0.25) is 5.91 Å². The zero-order valence-electron chi connectivity index (χ0n) is 13.1. The molecule has 2 heterocycles. The Hall–Kier alpha value is -2.49. The van der Waals surface area contributed by atoms with Crippen molar-refractivity contribution >= 4 is 34.3 Å². The zero-order chi connectivity index (χ0) is 16.9. The van der Waals surface area contributed by atoms with E-state index in [1.807, 2.05) is 24.4 Å². The number of thiazole rings is 1. The average molecular weight is 353 g/mol. The standard InChI is InChI=1S/C18H15N3OS2/c1-12-20-18(15-7-4-10-23-15)16(24-12)8-9-17(22)21-14-6-3-2-5-13(14)11-19/h2-7,10H,8-9H2,1H3,(H,21,22). The monoisotopic (exact) mass is 353 g/mol. The van der Waals surface area contributed by atoms with E-state index >= 15 is 0 Å². The van der Waals surface area contributed by atoms with E-state index in [9.17, 15) is 4.79 Å². The van der Waals surface area contributed by atoms with Gasteiger partial charge in [-0.3, -0.25) is 4.79 Å². The van der Waals surface area contributed by atoms with Crippen LogP contribution in [0.1, 0.15) is 21.9 Å². The van der Waals surface area contributed by atoms with Crippen molar-refractivity contribution in [2.75, 3.05) is 5.32 Å². The lowest BCUT2D eigenvalue weighted by Crippen LogP contribution is -2.13. The lowest BCUT2D eigenvalue weighted by molar-refractivity contribution is -0.116. The topological polar surface area (TPSA) is 65.8 Å². The van der Waals surface area contributed by atoms with Crippen molar-refractivity contribution in [3.05, 3.63) is 57.2 Å². The molecule has 1 amide bonds. The Bertz CT molecular complexity index is 891. The van der Waals surface area contributed by atoms with Crippen LogP contribution in [0.3, 0.4) is 0 Å².